The highest BCUT2D eigenvalue weighted by molar-refractivity contribution is 5.90. The van der Waals surface area contributed by atoms with E-state index >= 15 is 0 Å². The second-order valence-electron chi connectivity index (χ2n) is 11.4. The van der Waals surface area contributed by atoms with E-state index in [9.17, 15) is 19.5 Å². The van der Waals surface area contributed by atoms with E-state index in [2.05, 4.69) is 51.9 Å². The van der Waals surface area contributed by atoms with Crippen LogP contribution in [0.15, 0.2) is 78.9 Å². The number of fused-ring (bicyclic) bond motifs is 3. The zero-order valence-electron chi connectivity index (χ0n) is 22.9. The SMILES string of the molecule is O=C(NC1(C(=O)NC[C@@H]2C[C@@H]2C(=O)O)CCN(Cc2ccccc2)CC1)OCC1c2ccccc2-c2ccccc21. The number of alkyl carbamates (subject to hydrolysis) is 1. The van der Waals surface area contributed by atoms with Gasteiger partial charge in [-0.1, -0.05) is 78.9 Å². The van der Waals surface area contributed by atoms with Crippen molar-refractivity contribution in [1.82, 2.24) is 15.5 Å². The average Bonchev–Trinajstić information content (AvgIpc) is 3.72. The molecule has 6 rings (SSSR count). The highest BCUT2D eigenvalue weighted by atomic mass is 16.5. The van der Waals surface area contributed by atoms with Gasteiger partial charge >= 0.3 is 12.1 Å². The molecule has 0 aromatic heterocycles. The molecule has 0 bridgehead atoms. The number of nitrogens with zero attached hydrogens (tertiary/aromatic N) is 1. The number of hydrogen-bond acceptors (Lipinski definition) is 5. The number of carboxylic acid groups (broad SMARTS) is 1. The van der Waals surface area contributed by atoms with Crippen LogP contribution in [0.4, 0.5) is 4.79 Å². The third-order valence-corrected chi connectivity index (χ3v) is 8.84. The summed E-state index contributed by atoms with van der Waals surface area (Å²) in [6.07, 6.45) is 0.812. The largest absolute Gasteiger partial charge is 0.481 e. The molecule has 0 spiro atoms. The molecule has 0 unspecified atom stereocenters. The Morgan fingerprint density at radius 2 is 1.49 bits per heavy atom. The van der Waals surface area contributed by atoms with Crippen molar-refractivity contribution in [2.45, 2.75) is 37.3 Å². The maximum atomic E-state index is 13.6. The summed E-state index contributed by atoms with van der Waals surface area (Å²) in [5, 5.41) is 15.1. The molecule has 212 valence electrons. The zero-order chi connectivity index (χ0) is 28.4. The van der Waals surface area contributed by atoms with Gasteiger partial charge in [0.2, 0.25) is 5.91 Å². The Hall–Kier alpha value is -4.17. The van der Waals surface area contributed by atoms with Crippen LogP contribution >= 0.6 is 0 Å². The van der Waals surface area contributed by atoms with E-state index in [1.807, 2.05) is 42.5 Å². The van der Waals surface area contributed by atoms with Gasteiger partial charge in [0.05, 0.1) is 5.92 Å². The summed E-state index contributed by atoms with van der Waals surface area (Å²) in [5.74, 6) is -1.66. The van der Waals surface area contributed by atoms with Crippen LogP contribution in [0.25, 0.3) is 11.1 Å². The Morgan fingerprint density at radius 3 is 2.10 bits per heavy atom. The molecule has 0 radical (unpaired) electrons. The third kappa shape index (κ3) is 5.70. The van der Waals surface area contributed by atoms with Gasteiger partial charge in [-0.3, -0.25) is 14.5 Å². The fourth-order valence-corrected chi connectivity index (χ4v) is 6.34. The van der Waals surface area contributed by atoms with Crippen molar-refractivity contribution in [3.05, 3.63) is 95.6 Å². The predicted molar refractivity (Wildman–Crippen MR) is 154 cm³/mol. The van der Waals surface area contributed by atoms with Gasteiger partial charge < -0.3 is 20.5 Å². The predicted octanol–water partition coefficient (Wildman–Crippen LogP) is 4.40. The molecule has 8 nitrogen and oxygen atoms in total. The van der Waals surface area contributed by atoms with Crippen molar-refractivity contribution >= 4 is 18.0 Å². The second kappa shape index (κ2) is 11.4. The van der Waals surface area contributed by atoms with E-state index in [-0.39, 0.29) is 30.9 Å². The number of rotatable bonds is 9. The van der Waals surface area contributed by atoms with Gasteiger partial charge in [0.15, 0.2) is 0 Å². The zero-order valence-corrected chi connectivity index (χ0v) is 22.9. The van der Waals surface area contributed by atoms with Gasteiger partial charge in [-0.05, 0) is 53.0 Å². The van der Waals surface area contributed by atoms with Gasteiger partial charge in [-0.15, -0.1) is 0 Å². The van der Waals surface area contributed by atoms with Gasteiger partial charge in [-0.25, -0.2) is 4.79 Å². The average molecular weight is 554 g/mol. The lowest BCUT2D eigenvalue weighted by molar-refractivity contribution is -0.139. The number of nitrogens with one attached hydrogen (secondary N) is 2. The maximum Gasteiger partial charge on any atom is 0.408 e. The molecule has 3 N–H and O–H groups in total. The minimum absolute atomic E-state index is 0.0684. The highest BCUT2D eigenvalue weighted by Crippen LogP contribution is 2.44. The van der Waals surface area contributed by atoms with Crippen LogP contribution in [0.1, 0.15) is 41.9 Å². The van der Waals surface area contributed by atoms with Gasteiger partial charge in [-0.2, -0.15) is 0 Å². The lowest BCUT2D eigenvalue weighted by Gasteiger charge is -2.40. The van der Waals surface area contributed by atoms with Crippen LogP contribution < -0.4 is 10.6 Å². The number of likely N-dealkylation sites (tertiary alicyclic amines) is 1. The number of piperidine rings is 1. The summed E-state index contributed by atoms with van der Waals surface area (Å²) < 4.78 is 5.81. The van der Waals surface area contributed by atoms with Gasteiger partial charge in [0.25, 0.3) is 0 Å². The molecule has 1 aliphatic heterocycles. The number of aliphatic carboxylic acids is 1. The first-order chi connectivity index (χ1) is 19.9. The van der Waals surface area contributed by atoms with Crippen LogP contribution in [-0.4, -0.2) is 59.8 Å². The molecule has 3 aromatic rings. The molecule has 2 atom stereocenters. The summed E-state index contributed by atoms with van der Waals surface area (Å²) in [6.45, 7) is 2.49. The smallest absolute Gasteiger partial charge is 0.408 e. The fraction of sp³-hybridized carbons (Fsp3) is 0.364. The van der Waals surface area contributed by atoms with Gasteiger partial charge in [0, 0.05) is 32.1 Å². The van der Waals surface area contributed by atoms with Crippen molar-refractivity contribution in [3.8, 4) is 11.1 Å². The summed E-state index contributed by atoms with van der Waals surface area (Å²) >= 11 is 0. The number of ether oxygens (including phenoxy) is 1. The quantitative estimate of drug-likeness (QED) is 0.363. The highest BCUT2D eigenvalue weighted by Gasteiger charge is 2.46. The second-order valence-corrected chi connectivity index (χ2v) is 11.4. The summed E-state index contributed by atoms with van der Waals surface area (Å²) in [5.41, 5.74) is 4.63. The van der Waals surface area contributed by atoms with Crippen LogP contribution in [-0.2, 0) is 20.9 Å². The van der Waals surface area contributed by atoms with E-state index in [1.165, 1.54) is 5.56 Å². The summed E-state index contributed by atoms with van der Waals surface area (Å²) in [4.78, 5) is 40.4. The van der Waals surface area contributed by atoms with E-state index in [1.54, 1.807) is 0 Å². The lowest BCUT2D eigenvalue weighted by atomic mass is 9.86. The molecule has 2 fully saturated rings. The molecule has 3 aromatic carbocycles. The Kier molecular flexibility index (Phi) is 7.49. The first kappa shape index (κ1) is 27.0. The maximum absolute atomic E-state index is 13.6. The number of carboxylic acids is 1. The Labute approximate surface area is 239 Å². The first-order valence-corrected chi connectivity index (χ1v) is 14.3. The number of hydrogen-bond donors (Lipinski definition) is 3. The number of benzene rings is 3. The third-order valence-electron chi connectivity index (χ3n) is 8.84. The van der Waals surface area contributed by atoms with Crippen molar-refractivity contribution in [3.63, 3.8) is 0 Å². The van der Waals surface area contributed by atoms with Crippen molar-refractivity contribution < 1.29 is 24.2 Å². The monoisotopic (exact) mass is 553 g/mol. The molecular weight excluding hydrogens is 518 g/mol. The first-order valence-electron chi connectivity index (χ1n) is 14.3. The molecule has 3 aliphatic rings. The molecule has 41 heavy (non-hydrogen) atoms. The Bertz CT molecular complexity index is 1390. The lowest BCUT2D eigenvalue weighted by Crippen LogP contribution is -2.63. The normalized spacial score (nSPS) is 20.9. The molecule has 1 heterocycles. The van der Waals surface area contributed by atoms with Crippen LogP contribution in [0, 0.1) is 11.8 Å². The number of amides is 2. The molecule has 1 saturated heterocycles. The topological polar surface area (TPSA) is 108 Å². The van der Waals surface area contributed by atoms with E-state index in [0.29, 0.717) is 32.4 Å². The van der Waals surface area contributed by atoms with Crippen LogP contribution in [0.5, 0.6) is 0 Å². The molecule has 1 saturated carbocycles. The van der Waals surface area contributed by atoms with Crippen LogP contribution in [0.2, 0.25) is 0 Å². The van der Waals surface area contributed by atoms with Gasteiger partial charge in [0.1, 0.15) is 12.1 Å². The van der Waals surface area contributed by atoms with Crippen molar-refractivity contribution in [2.75, 3.05) is 26.2 Å². The van der Waals surface area contributed by atoms with E-state index in [0.717, 1.165) is 28.8 Å². The number of carbonyl (C=O) groups excluding carboxylic acids is 2. The molecular formula is C33H35N3O5. The molecule has 2 aliphatic carbocycles. The van der Waals surface area contributed by atoms with Crippen molar-refractivity contribution in [2.24, 2.45) is 11.8 Å². The Morgan fingerprint density at radius 1 is 0.878 bits per heavy atom. The summed E-state index contributed by atoms with van der Waals surface area (Å²) in [7, 11) is 0. The number of carbonyl (C=O) groups is 3. The Balaban J connectivity index is 1.12. The molecule has 2 amide bonds. The fourth-order valence-electron chi connectivity index (χ4n) is 6.34. The van der Waals surface area contributed by atoms with E-state index < -0.39 is 23.5 Å². The van der Waals surface area contributed by atoms with Crippen LogP contribution in [0.3, 0.4) is 0 Å². The standard InChI is InChI=1S/C33H35N3O5/c37-30(38)28-18-23(28)19-34-31(39)33(14-16-36(17-15-33)20-22-8-2-1-3-9-22)35-32(40)41-21-29-26-12-6-4-10-24(26)25-11-5-7-13-27(25)29/h1-13,23,28-29H,14-21H2,(H,34,39)(H,35,40)(H,37,38)/t23-,28-/m0/s1. The summed E-state index contributed by atoms with van der Waals surface area (Å²) in [6, 6.07) is 26.5. The minimum atomic E-state index is -1.12. The van der Waals surface area contributed by atoms with Crippen molar-refractivity contribution in [1.29, 1.82) is 0 Å². The minimum Gasteiger partial charge on any atom is -0.481 e. The molecule has 8 heteroatoms. The van der Waals surface area contributed by atoms with E-state index in [4.69, 9.17) is 4.74 Å².